The molecule has 0 heterocycles. The smallest absolute Gasteiger partial charge is 0.190 e. The van der Waals surface area contributed by atoms with Gasteiger partial charge in [-0.05, 0) is 42.9 Å². The predicted molar refractivity (Wildman–Crippen MR) is 102 cm³/mol. The van der Waals surface area contributed by atoms with E-state index in [9.17, 15) is 0 Å². The number of hydrogen-bond acceptors (Lipinski definition) is 2. The third kappa shape index (κ3) is 6.54. The zero-order chi connectivity index (χ0) is 14.4. The van der Waals surface area contributed by atoms with E-state index in [4.69, 9.17) is 0 Å². The van der Waals surface area contributed by atoms with Crippen LogP contribution in [0.3, 0.4) is 0 Å². The Morgan fingerprint density at radius 3 is 2.38 bits per heavy atom. The SMILES string of the molecule is CN=C(NCCc1ccc(N(C)C)cc1)NCC1CC1.I. The Morgan fingerprint density at radius 2 is 1.86 bits per heavy atom. The Hall–Kier alpha value is -0.980. The van der Waals surface area contributed by atoms with Gasteiger partial charge in [-0.25, -0.2) is 0 Å². The minimum absolute atomic E-state index is 0. The molecule has 1 fully saturated rings. The number of nitrogens with zero attached hydrogens (tertiary/aromatic N) is 2. The molecule has 1 saturated carbocycles. The number of nitrogens with one attached hydrogen (secondary N) is 2. The van der Waals surface area contributed by atoms with Gasteiger partial charge in [0.25, 0.3) is 0 Å². The number of anilines is 1. The third-order valence-corrected chi connectivity index (χ3v) is 3.64. The summed E-state index contributed by atoms with van der Waals surface area (Å²) in [7, 11) is 5.95. The first-order valence-electron chi connectivity index (χ1n) is 7.40. The standard InChI is InChI=1S/C16H26N4.HI/c1-17-16(19-12-14-4-5-14)18-11-10-13-6-8-15(9-7-13)20(2)3;/h6-9,14H,4-5,10-12H2,1-3H3,(H2,17,18,19);1H. The van der Waals surface area contributed by atoms with Crippen molar-refractivity contribution in [3.05, 3.63) is 29.8 Å². The van der Waals surface area contributed by atoms with Crippen molar-refractivity contribution in [2.75, 3.05) is 39.1 Å². The van der Waals surface area contributed by atoms with Crippen molar-refractivity contribution in [1.29, 1.82) is 0 Å². The molecule has 5 heteroatoms. The summed E-state index contributed by atoms with van der Waals surface area (Å²) < 4.78 is 0. The van der Waals surface area contributed by atoms with Gasteiger partial charge < -0.3 is 15.5 Å². The van der Waals surface area contributed by atoms with Crippen LogP contribution in [0.15, 0.2) is 29.3 Å². The fourth-order valence-electron chi connectivity index (χ4n) is 2.07. The number of halogens is 1. The highest BCUT2D eigenvalue weighted by molar-refractivity contribution is 14.0. The van der Waals surface area contributed by atoms with Crippen LogP contribution >= 0.6 is 24.0 Å². The summed E-state index contributed by atoms with van der Waals surface area (Å²) in [6.45, 7) is 1.96. The first-order valence-corrected chi connectivity index (χ1v) is 7.40. The topological polar surface area (TPSA) is 39.7 Å². The molecule has 0 bridgehead atoms. The molecular formula is C16H27IN4. The summed E-state index contributed by atoms with van der Waals surface area (Å²) in [5.41, 5.74) is 2.59. The highest BCUT2D eigenvalue weighted by Gasteiger charge is 2.20. The Balaban J connectivity index is 0.00000220. The van der Waals surface area contributed by atoms with E-state index in [0.717, 1.165) is 31.4 Å². The molecule has 1 aliphatic rings. The Kier molecular flexibility index (Phi) is 7.85. The molecule has 1 aliphatic carbocycles. The molecule has 2 N–H and O–H groups in total. The Labute approximate surface area is 145 Å². The lowest BCUT2D eigenvalue weighted by atomic mass is 10.1. The van der Waals surface area contributed by atoms with Crippen LogP contribution in [0, 0.1) is 5.92 Å². The quantitative estimate of drug-likeness (QED) is 0.437. The predicted octanol–water partition coefficient (Wildman–Crippen LogP) is 2.49. The average molecular weight is 402 g/mol. The number of hydrogen-bond donors (Lipinski definition) is 2. The first kappa shape index (κ1) is 18.1. The molecule has 2 rings (SSSR count). The molecule has 0 spiro atoms. The lowest BCUT2D eigenvalue weighted by molar-refractivity contribution is 0.734. The Morgan fingerprint density at radius 1 is 1.19 bits per heavy atom. The van der Waals surface area contributed by atoms with Gasteiger partial charge in [0.05, 0.1) is 0 Å². The summed E-state index contributed by atoms with van der Waals surface area (Å²) in [5.74, 6) is 1.79. The van der Waals surface area contributed by atoms with E-state index in [-0.39, 0.29) is 24.0 Å². The van der Waals surface area contributed by atoms with Crippen molar-refractivity contribution in [2.45, 2.75) is 19.3 Å². The van der Waals surface area contributed by atoms with E-state index in [2.05, 4.69) is 58.9 Å². The van der Waals surface area contributed by atoms with Gasteiger partial charge in [0.15, 0.2) is 5.96 Å². The fraction of sp³-hybridized carbons (Fsp3) is 0.562. The number of benzene rings is 1. The molecule has 0 aliphatic heterocycles. The van der Waals surface area contributed by atoms with E-state index in [1.807, 2.05) is 7.05 Å². The molecular weight excluding hydrogens is 375 g/mol. The fourth-order valence-corrected chi connectivity index (χ4v) is 2.07. The average Bonchev–Trinajstić information content (AvgIpc) is 3.27. The van der Waals surface area contributed by atoms with Crippen LogP contribution in [0.4, 0.5) is 5.69 Å². The number of aliphatic imine (C=N–C) groups is 1. The minimum Gasteiger partial charge on any atom is -0.378 e. The second kappa shape index (κ2) is 9.12. The van der Waals surface area contributed by atoms with Gasteiger partial charge in [0, 0.05) is 39.9 Å². The molecule has 4 nitrogen and oxygen atoms in total. The highest BCUT2D eigenvalue weighted by Crippen LogP contribution is 2.27. The van der Waals surface area contributed by atoms with Crippen molar-refractivity contribution in [1.82, 2.24) is 10.6 Å². The van der Waals surface area contributed by atoms with Crippen molar-refractivity contribution in [2.24, 2.45) is 10.9 Å². The molecule has 0 amide bonds. The lowest BCUT2D eigenvalue weighted by Gasteiger charge is -2.13. The van der Waals surface area contributed by atoms with Crippen LogP contribution in [-0.2, 0) is 6.42 Å². The summed E-state index contributed by atoms with van der Waals surface area (Å²) in [4.78, 5) is 6.36. The Bertz CT molecular complexity index is 438. The van der Waals surface area contributed by atoms with Gasteiger partial charge in [-0.2, -0.15) is 0 Å². The summed E-state index contributed by atoms with van der Waals surface area (Å²) in [5, 5.41) is 6.74. The molecule has 0 atom stereocenters. The van der Waals surface area contributed by atoms with Gasteiger partial charge in [-0.3, -0.25) is 4.99 Å². The molecule has 0 radical (unpaired) electrons. The van der Waals surface area contributed by atoms with E-state index < -0.39 is 0 Å². The van der Waals surface area contributed by atoms with Crippen LogP contribution in [0.1, 0.15) is 18.4 Å². The van der Waals surface area contributed by atoms with Gasteiger partial charge >= 0.3 is 0 Å². The number of guanidine groups is 1. The maximum absolute atomic E-state index is 4.24. The molecule has 0 unspecified atom stereocenters. The molecule has 1 aromatic rings. The zero-order valence-corrected chi connectivity index (χ0v) is 15.6. The molecule has 1 aromatic carbocycles. The van der Waals surface area contributed by atoms with Crippen LogP contribution in [0.5, 0.6) is 0 Å². The van der Waals surface area contributed by atoms with Gasteiger partial charge in [-0.15, -0.1) is 24.0 Å². The van der Waals surface area contributed by atoms with Crippen molar-refractivity contribution in [3.8, 4) is 0 Å². The molecule has 0 saturated heterocycles. The third-order valence-electron chi connectivity index (χ3n) is 3.64. The van der Waals surface area contributed by atoms with Crippen molar-refractivity contribution < 1.29 is 0 Å². The van der Waals surface area contributed by atoms with Gasteiger partial charge in [0.2, 0.25) is 0 Å². The molecule has 118 valence electrons. The number of rotatable bonds is 6. The molecule has 21 heavy (non-hydrogen) atoms. The summed E-state index contributed by atoms with van der Waals surface area (Å²) in [6.07, 6.45) is 3.74. The van der Waals surface area contributed by atoms with Crippen LogP contribution in [0.25, 0.3) is 0 Å². The van der Waals surface area contributed by atoms with Gasteiger partial charge in [0.1, 0.15) is 0 Å². The highest BCUT2D eigenvalue weighted by atomic mass is 127. The molecule has 0 aromatic heterocycles. The summed E-state index contributed by atoms with van der Waals surface area (Å²) in [6, 6.07) is 8.71. The van der Waals surface area contributed by atoms with Gasteiger partial charge in [-0.1, -0.05) is 12.1 Å². The zero-order valence-electron chi connectivity index (χ0n) is 13.2. The lowest BCUT2D eigenvalue weighted by Crippen LogP contribution is -2.39. The summed E-state index contributed by atoms with van der Waals surface area (Å²) >= 11 is 0. The van der Waals surface area contributed by atoms with Crippen molar-refractivity contribution >= 4 is 35.6 Å². The monoisotopic (exact) mass is 402 g/mol. The van der Waals surface area contributed by atoms with E-state index in [0.29, 0.717) is 0 Å². The first-order chi connectivity index (χ1) is 9.69. The van der Waals surface area contributed by atoms with Crippen molar-refractivity contribution in [3.63, 3.8) is 0 Å². The van der Waals surface area contributed by atoms with E-state index >= 15 is 0 Å². The maximum Gasteiger partial charge on any atom is 0.190 e. The van der Waals surface area contributed by atoms with Crippen LogP contribution < -0.4 is 15.5 Å². The second-order valence-corrected chi connectivity index (χ2v) is 5.63. The minimum atomic E-state index is 0. The maximum atomic E-state index is 4.24. The van der Waals surface area contributed by atoms with E-state index in [1.165, 1.54) is 24.1 Å². The second-order valence-electron chi connectivity index (χ2n) is 5.63. The van der Waals surface area contributed by atoms with E-state index in [1.54, 1.807) is 0 Å². The van der Waals surface area contributed by atoms with Crippen LogP contribution in [0.2, 0.25) is 0 Å². The normalized spacial score (nSPS) is 14.3. The van der Waals surface area contributed by atoms with Crippen LogP contribution in [-0.4, -0.2) is 40.2 Å². The largest absolute Gasteiger partial charge is 0.378 e.